The molecule has 0 spiro atoms. The van der Waals surface area contributed by atoms with Gasteiger partial charge in [0, 0.05) is 21.2 Å². The fraction of sp³-hybridized carbons (Fsp3) is 0.267. The average Bonchev–Trinajstić information content (AvgIpc) is 2.89. The zero-order valence-electron chi connectivity index (χ0n) is 11.7. The number of rotatable bonds is 2. The molecule has 0 saturated heterocycles. The van der Waals surface area contributed by atoms with E-state index in [0.717, 1.165) is 33.2 Å². The number of thiazole rings is 1. The molecule has 104 valence electrons. The Morgan fingerprint density at radius 1 is 1.35 bits per heavy atom. The van der Waals surface area contributed by atoms with Crippen molar-refractivity contribution in [1.29, 1.82) is 0 Å². The molecule has 0 atom stereocenters. The normalized spacial score (nSPS) is 11.4. The Hall–Kier alpha value is -1.52. The molecule has 0 fully saturated rings. The number of hydrogen-bond acceptors (Lipinski definition) is 3. The van der Waals surface area contributed by atoms with Crippen molar-refractivity contribution in [2.24, 2.45) is 0 Å². The van der Waals surface area contributed by atoms with Crippen molar-refractivity contribution in [2.75, 3.05) is 5.73 Å². The summed E-state index contributed by atoms with van der Waals surface area (Å²) in [6, 6.07) is 5.89. The summed E-state index contributed by atoms with van der Waals surface area (Å²) in [6.07, 6.45) is 0.950. The lowest BCUT2D eigenvalue weighted by Crippen LogP contribution is -1.98. The molecule has 20 heavy (non-hydrogen) atoms. The lowest BCUT2D eigenvalue weighted by molar-refractivity contribution is 0.994. The number of imidazole rings is 1. The van der Waals surface area contributed by atoms with E-state index in [4.69, 9.17) is 22.3 Å². The molecule has 0 radical (unpaired) electrons. The van der Waals surface area contributed by atoms with Crippen LogP contribution in [0.5, 0.6) is 0 Å². The number of benzene rings is 1. The number of fused-ring (bicyclic) bond motifs is 1. The number of anilines is 1. The van der Waals surface area contributed by atoms with E-state index in [9.17, 15) is 0 Å². The number of nitrogens with zero attached hydrogens (tertiary/aromatic N) is 2. The van der Waals surface area contributed by atoms with Crippen LogP contribution >= 0.6 is 22.9 Å². The van der Waals surface area contributed by atoms with Gasteiger partial charge in [-0.2, -0.15) is 0 Å². The number of nitrogens with two attached hydrogens (primary N) is 1. The molecule has 3 rings (SSSR count). The Bertz CT molecular complexity index is 801. The minimum absolute atomic E-state index is 0.711. The molecule has 2 heterocycles. The Kier molecular flexibility index (Phi) is 3.22. The maximum atomic E-state index is 6.32. The van der Waals surface area contributed by atoms with Crippen LogP contribution in [0, 0.1) is 13.8 Å². The third-order valence-corrected chi connectivity index (χ3v) is 4.99. The Morgan fingerprint density at radius 2 is 2.10 bits per heavy atom. The monoisotopic (exact) mass is 305 g/mol. The Labute approximate surface area is 127 Å². The molecule has 0 aliphatic rings. The lowest BCUT2D eigenvalue weighted by atomic mass is 10.1. The first-order valence-corrected chi connectivity index (χ1v) is 7.75. The van der Waals surface area contributed by atoms with Gasteiger partial charge in [-0.25, -0.2) is 4.98 Å². The van der Waals surface area contributed by atoms with Crippen LogP contribution in [0.3, 0.4) is 0 Å². The van der Waals surface area contributed by atoms with Gasteiger partial charge < -0.3 is 5.73 Å². The summed E-state index contributed by atoms with van der Waals surface area (Å²) in [5, 5.41) is 0.762. The molecule has 0 saturated carbocycles. The van der Waals surface area contributed by atoms with Gasteiger partial charge in [0.05, 0.1) is 0 Å². The maximum Gasteiger partial charge on any atom is 0.196 e. The van der Waals surface area contributed by atoms with Crippen LogP contribution in [0.15, 0.2) is 18.2 Å². The van der Waals surface area contributed by atoms with Crippen LogP contribution in [0.25, 0.3) is 16.2 Å². The summed E-state index contributed by atoms with van der Waals surface area (Å²) in [7, 11) is 0. The maximum absolute atomic E-state index is 6.32. The van der Waals surface area contributed by atoms with E-state index in [1.807, 2.05) is 25.1 Å². The van der Waals surface area contributed by atoms with Crippen molar-refractivity contribution < 1.29 is 0 Å². The SMILES string of the molecule is CCc1c(C)sc2nc(-c3ccc(Cl)c(C)c3)c(N)n12. The minimum atomic E-state index is 0.711. The van der Waals surface area contributed by atoms with Gasteiger partial charge in [-0.15, -0.1) is 11.3 Å². The van der Waals surface area contributed by atoms with Gasteiger partial charge in [0.15, 0.2) is 4.96 Å². The number of halogens is 1. The van der Waals surface area contributed by atoms with Crippen LogP contribution in [-0.2, 0) is 6.42 Å². The van der Waals surface area contributed by atoms with Gasteiger partial charge in [0.1, 0.15) is 11.5 Å². The van der Waals surface area contributed by atoms with Crippen molar-refractivity contribution in [3.63, 3.8) is 0 Å². The highest BCUT2D eigenvalue weighted by Gasteiger charge is 2.17. The van der Waals surface area contributed by atoms with Gasteiger partial charge in [0.25, 0.3) is 0 Å². The first kappa shape index (κ1) is 13.5. The van der Waals surface area contributed by atoms with Gasteiger partial charge in [-0.1, -0.05) is 24.6 Å². The summed E-state index contributed by atoms with van der Waals surface area (Å²) in [6.45, 7) is 6.24. The van der Waals surface area contributed by atoms with Crippen LogP contribution in [0.2, 0.25) is 5.02 Å². The second-order valence-corrected chi connectivity index (χ2v) is 6.47. The van der Waals surface area contributed by atoms with Crippen LogP contribution in [0.1, 0.15) is 23.1 Å². The van der Waals surface area contributed by atoms with E-state index in [-0.39, 0.29) is 0 Å². The van der Waals surface area contributed by atoms with Crippen molar-refractivity contribution in [3.05, 3.63) is 39.4 Å². The predicted molar refractivity (Wildman–Crippen MR) is 86.8 cm³/mol. The average molecular weight is 306 g/mol. The molecule has 3 aromatic rings. The Morgan fingerprint density at radius 3 is 2.75 bits per heavy atom. The summed E-state index contributed by atoms with van der Waals surface area (Å²) < 4.78 is 2.07. The molecule has 3 nitrogen and oxygen atoms in total. The molecule has 0 unspecified atom stereocenters. The topological polar surface area (TPSA) is 43.3 Å². The molecule has 2 N–H and O–H groups in total. The predicted octanol–water partition coefficient (Wildman–Crippen LogP) is 4.48. The van der Waals surface area contributed by atoms with Crippen LogP contribution in [-0.4, -0.2) is 9.38 Å². The third-order valence-electron chi connectivity index (χ3n) is 3.57. The van der Waals surface area contributed by atoms with E-state index in [1.165, 1.54) is 10.6 Å². The summed E-state index contributed by atoms with van der Waals surface area (Å²) in [5.74, 6) is 0.711. The van der Waals surface area contributed by atoms with Crippen LogP contribution < -0.4 is 5.73 Å². The second kappa shape index (κ2) is 4.79. The van der Waals surface area contributed by atoms with Crippen molar-refractivity contribution in [2.45, 2.75) is 27.2 Å². The molecule has 5 heteroatoms. The third kappa shape index (κ3) is 1.91. The minimum Gasteiger partial charge on any atom is -0.383 e. The molecule has 0 aliphatic heterocycles. The van der Waals surface area contributed by atoms with E-state index < -0.39 is 0 Å². The molecular weight excluding hydrogens is 290 g/mol. The standard InChI is InChI=1S/C15H16ClN3S/c1-4-12-9(3)20-15-18-13(14(17)19(12)15)10-5-6-11(16)8(2)7-10/h5-7H,4,17H2,1-3H3. The molecule has 0 amide bonds. The Balaban J connectivity index is 2.24. The summed E-state index contributed by atoms with van der Waals surface area (Å²) >= 11 is 7.77. The molecular formula is C15H16ClN3S. The fourth-order valence-electron chi connectivity index (χ4n) is 2.51. The van der Waals surface area contributed by atoms with Gasteiger partial charge in [0.2, 0.25) is 0 Å². The van der Waals surface area contributed by atoms with Gasteiger partial charge in [-0.3, -0.25) is 4.40 Å². The smallest absolute Gasteiger partial charge is 0.196 e. The van der Waals surface area contributed by atoms with E-state index in [1.54, 1.807) is 11.3 Å². The fourth-order valence-corrected chi connectivity index (χ4v) is 3.69. The van der Waals surface area contributed by atoms with E-state index >= 15 is 0 Å². The van der Waals surface area contributed by atoms with Crippen molar-refractivity contribution >= 4 is 33.7 Å². The molecule has 2 aromatic heterocycles. The second-order valence-electron chi connectivity index (χ2n) is 4.89. The quantitative estimate of drug-likeness (QED) is 0.758. The zero-order valence-corrected chi connectivity index (χ0v) is 13.3. The highest BCUT2D eigenvalue weighted by molar-refractivity contribution is 7.17. The van der Waals surface area contributed by atoms with Crippen molar-refractivity contribution in [1.82, 2.24) is 9.38 Å². The number of aromatic nitrogens is 2. The van der Waals surface area contributed by atoms with E-state index in [0.29, 0.717) is 5.82 Å². The molecule has 0 aliphatic carbocycles. The number of nitrogen functional groups attached to an aromatic ring is 1. The van der Waals surface area contributed by atoms with E-state index in [2.05, 4.69) is 18.2 Å². The molecule has 1 aromatic carbocycles. The highest BCUT2D eigenvalue weighted by Crippen LogP contribution is 2.34. The molecule has 0 bridgehead atoms. The van der Waals surface area contributed by atoms with Crippen molar-refractivity contribution in [3.8, 4) is 11.3 Å². The summed E-state index contributed by atoms with van der Waals surface area (Å²) in [5.41, 5.74) is 10.5. The zero-order chi connectivity index (χ0) is 14.4. The van der Waals surface area contributed by atoms with Crippen LogP contribution in [0.4, 0.5) is 5.82 Å². The highest BCUT2D eigenvalue weighted by atomic mass is 35.5. The largest absolute Gasteiger partial charge is 0.383 e. The summed E-state index contributed by atoms with van der Waals surface area (Å²) in [4.78, 5) is 6.93. The first-order valence-electron chi connectivity index (χ1n) is 6.55. The van der Waals surface area contributed by atoms with Gasteiger partial charge >= 0.3 is 0 Å². The number of aryl methyl sites for hydroxylation is 3. The lowest BCUT2D eigenvalue weighted by Gasteiger charge is -2.04. The first-order chi connectivity index (χ1) is 9.52. The van der Waals surface area contributed by atoms with Gasteiger partial charge in [-0.05, 0) is 38.0 Å². The number of hydrogen-bond donors (Lipinski definition) is 1.